The number of nitrogens with two attached hydrogens (primary N) is 1. The van der Waals surface area contributed by atoms with E-state index in [1.54, 1.807) is 29.6 Å². The maximum Gasteiger partial charge on any atom is 1.00 e. The summed E-state index contributed by atoms with van der Waals surface area (Å²) in [5, 5.41) is 24.9. The fraction of sp³-hybridized carbons (Fsp3) is 0.0312. The van der Waals surface area contributed by atoms with Crippen molar-refractivity contribution >= 4 is 48.0 Å². The second-order valence-corrected chi connectivity index (χ2v) is 7.94. The van der Waals surface area contributed by atoms with Gasteiger partial charge in [-0.25, -0.2) is 0 Å². The summed E-state index contributed by atoms with van der Waals surface area (Å²) in [4.78, 5) is 28.1. The van der Waals surface area contributed by atoms with E-state index >= 15 is 0 Å². The number of aldehydes is 2. The van der Waals surface area contributed by atoms with Gasteiger partial charge in [-0.05, 0) is 55.5 Å². The van der Waals surface area contributed by atoms with Crippen LogP contribution < -0.4 is 56.8 Å². The second-order valence-electron chi connectivity index (χ2n) is 7.94. The van der Waals surface area contributed by atoms with Crippen LogP contribution in [0.3, 0.4) is 0 Å². The number of hydrazone groups is 2. The largest absolute Gasteiger partial charge is 1.00 e. The Morgan fingerprint density at radius 2 is 1.00 bits per heavy atom. The molecule has 0 spiro atoms. The molecule has 1 heterocycles. The maximum atomic E-state index is 8.89. The molecule has 0 bridgehead atoms. The van der Waals surface area contributed by atoms with Crippen LogP contribution >= 0.6 is 0 Å². The number of nitrogens with zero attached hydrogens (tertiary/aromatic N) is 5. The van der Waals surface area contributed by atoms with Crippen molar-refractivity contribution in [2.45, 2.75) is 6.92 Å². The molecule has 0 radical (unpaired) electrons. The van der Waals surface area contributed by atoms with E-state index in [0.29, 0.717) is 0 Å². The number of aliphatic carboxylic acids is 1. The molecule has 0 atom stereocenters. The number of aromatic nitrogens is 3. The molecule has 13 nitrogen and oxygen atoms in total. The number of benzene rings is 4. The number of anilines is 3. The zero-order chi connectivity index (χ0) is 32.8. The fourth-order valence-electron chi connectivity index (χ4n) is 2.76. The maximum absolute atomic E-state index is 8.89. The Labute approximate surface area is 289 Å². The minimum Gasteiger partial charge on any atom is -0.550 e. The summed E-state index contributed by atoms with van der Waals surface area (Å²) >= 11 is 0. The van der Waals surface area contributed by atoms with E-state index < -0.39 is 5.97 Å². The predicted octanol–water partition coefficient (Wildman–Crippen LogP) is 0.566. The van der Waals surface area contributed by atoms with E-state index in [4.69, 9.17) is 25.3 Å². The Morgan fingerprint density at radius 3 is 1.30 bits per heavy atom. The Morgan fingerprint density at radius 1 is 0.674 bits per heavy atom. The first-order valence-electron chi connectivity index (χ1n) is 13.2. The van der Waals surface area contributed by atoms with E-state index in [1.807, 2.05) is 121 Å². The van der Waals surface area contributed by atoms with Crippen molar-refractivity contribution in [2.24, 2.45) is 16.0 Å². The Hall–Kier alpha value is -5.47. The molecule has 0 saturated heterocycles. The van der Waals surface area contributed by atoms with Crippen LogP contribution in [0.15, 0.2) is 144 Å². The van der Waals surface area contributed by atoms with E-state index in [9.17, 15) is 0 Å². The van der Waals surface area contributed by atoms with Gasteiger partial charge in [0.05, 0.1) is 41.9 Å². The Balaban J connectivity index is 0.000000619. The van der Waals surface area contributed by atoms with Crippen LogP contribution in [0, 0.1) is 0 Å². The van der Waals surface area contributed by atoms with Crippen LogP contribution in [0.4, 0.5) is 17.1 Å². The Kier molecular flexibility index (Phi) is 24.9. The Bertz CT molecular complexity index is 1430. The SMILES string of the molecule is C(/C=N/Nc1ccccc1)=N/Nc1ccccc1.CC(=O)[O-].NNc1ccccc1.O=CC=O.[Na+].c1ccc(-n2nccn2)cc1. The van der Waals surface area contributed by atoms with Crippen LogP contribution in [-0.4, -0.2) is 46.0 Å². The number of hydrazine groups is 1. The summed E-state index contributed by atoms with van der Waals surface area (Å²) in [6.07, 6.45) is 6.88. The summed E-state index contributed by atoms with van der Waals surface area (Å²) in [6, 6.07) is 38.9. The first-order valence-corrected chi connectivity index (χ1v) is 13.2. The van der Waals surface area contributed by atoms with Crippen LogP contribution in [0.2, 0.25) is 0 Å². The van der Waals surface area contributed by atoms with Crippen molar-refractivity contribution in [3.63, 3.8) is 0 Å². The van der Waals surface area contributed by atoms with Gasteiger partial charge in [-0.3, -0.25) is 26.3 Å². The summed E-state index contributed by atoms with van der Waals surface area (Å²) in [7, 11) is 0. The molecule has 0 aliphatic rings. The van der Waals surface area contributed by atoms with Gasteiger partial charge in [0, 0.05) is 11.7 Å². The van der Waals surface area contributed by atoms with Crippen molar-refractivity contribution in [1.29, 1.82) is 0 Å². The van der Waals surface area contributed by atoms with Gasteiger partial charge in [-0.2, -0.15) is 25.2 Å². The number of para-hydroxylation sites is 4. The van der Waals surface area contributed by atoms with Crippen LogP contribution in [-0.2, 0) is 14.4 Å². The normalized spacial score (nSPS) is 9.09. The van der Waals surface area contributed by atoms with Crippen molar-refractivity contribution in [2.75, 3.05) is 16.3 Å². The molecular weight excluding hydrogens is 597 g/mol. The monoisotopic (exact) mass is 631 g/mol. The molecule has 1 aromatic heterocycles. The predicted molar refractivity (Wildman–Crippen MR) is 176 cm³/mol. The number of hydrogen-bond donors (Lipinski definition) is 4. The van der Waals surface area contributed by atoms with Crippen LogP contribution in [0.5, 0.6) is 0 Å². The van der Waals surface area contributed by atoms with Gasteiger partial charge in [0.1, 0.15) is 0 Å². The number of nitrogen functional groups attached to an aromatic ring is 1. The van der Waals surface area contributed by atoms with Crippen molar-refractivity contribution in [1.82, 2.24) is 15.0 Å². The van der Waals surface area contributed by atoms with Crippen LogP contribution in [0.25, 0.3) is 5.69 Å². The minimum absolute atomic E-state index is 0. The molecule has 0 fully saturated rings. The van der Waals surface area contributed by atoms with Crippen LogP contribution in [0.1, 0.15) is 6.92 Å². The van der Waals surface area contributed by atoms with E-state index in [0.717, 1.165) is 29.7 Å². The third-order valence-electron chi connectivity index (χ3n) is 4.55. The second kappa shape index (κ2) is 28.3. The zero-order valence-electron chi connectivity index (χ0n) is 25.5. The topological polar surface area (TPSA) is 192 Å². The molecule has 14 heteroatoms. The van der Waals surface area contributed by atoms with Gasteiger partial charge in [-0.15, -0.1) is 0 Å². The minimum atomic E-state index is -1.08. The molecule has 46 heavy (non-hydrogen) atoms. The van der Waals surface area contributed by atoms with Crippen molar-refractivity contribution < 1.29 is 49.0 Å². The van der Waals surface area contributed by atoms with Gasteiger partial charge in [0.15, 0.2) is 12.6 Å². The summed E-state index contributed by atoms with van der Waals surface area (Å²) in [6.45, 7) is 0.972. The van der Waals surface area contributed by atoms with Crippen molar-refractivity contribution in [3.8, 4) is 5.69 Å². The standard InChI is InChI=1S/C14H14N4.C8H7N3.C6H8N2.C2H4O2.C2H2O2.Na/c1-3-7-13(8-4-1)17-15-11-12-16-18-14-9-5-2-6-10-14;1-2-4-8(5-3-1)11-9-6-7-10-11;7-8-6-4-2-1-3-5-6;1-2(3)4;3-1-2-4;/h1-12,17-18H;1-7H;1-5,8H,7H2;1H3,(H,3,4);1-2H;/q;;;;;+1/p-1/b15-11-,16-12+;;;;;. The molecule has 5 aromatic rings. The van der Waals surface area contributed by atoms with E-state index in [-0.39, 0.29) is 42.1 Å². The summed E-state index contributed by atoms with van der Waals surface area (Å²) < 4.78 is 0. The smallest absolute Gasteiger partial charge is 0.550 e. The first-order chi connectivity index (χ1) is 22.0. The molecule has 232 valence electrons. The summed E-state index contributed by atoms with van der Waals surface area (Å²) in [5.41, 5.74) is 12.1. The molecule has 0 amide bonds. The first kappa shape index (κ1) is 40.5. The number of carbonyl (C=O) groups is 3. The number of hydrogen-bond acceptors (Lipinski definition) is 12. The van der Waals surface area contributed by atoms with Gasteiger partial charge >= 0.3 is 29.6 Å². The number of nitrogens with one attached hydrogen (secondary N) is 3. The molecule has 0 saturated carbocycles. The van der Waals surface area contributed by atoms with E-state index in [1.165, 1.54) is 0 Å². The molecule has 0 aliphatic carbocycles. The number of carboxylic acid groups (broad SMARTS) is 1. The molecular formula is C32H34N9NaO4. The molecule has 0 unspecified atom stereocenters. The molecule has 4 aromatic carbocycles. The average molecular weight is 632 g/mol. The summed E-state index contributed by atoms with van der Waals surface area (Å²) in [5.74, 6) is 4.02. The fourth-order valence-corrected chi connectivity index (χ4v) is 2.76. The van der Waals surface area contributed by atoms with Crippen molar-refractivity contribution in [3.05, 3.63) is 134 Å². The third kappa shape index (κ3) is 22.1. The number of rotatable bonds is 8. The van der Waals surface area contributed by atoms with E-state index in [2.05, 4.69) is 36.7 Å². The van der Waals surface area contributed by atoms with Gasteiger partial charge in [-0.1, -0.05) is 72.8 Å². The quantitative estimate of drug-likeness (QED) is 0.0470. The average Bonchev–Trinajstić information content (AvgIpc) is 3.64. The van der Waals surface area contributed by atoms with Gasteiger partial charge < -0.3 is 15.3 Å². The van der Waals surface area contributed by atoms with Gasteiger partial charge in [0.2, 0.25) is 0 Å². The third-order valence-corrected chi connectivity index (χ3v) is 4.55. The molecule has 0 aliphatic heterocycles. The number of carbonyl (C=O) groups excluding carboxylic acids is 3. The molecule has 5 rings (SSSR count). The molecule has 5 N–H and O–H groups in total. The van der Waals surface area contributed by atoms with Gasteiger partial charge in [0.25, 0.3) is 0 Å². The zero-order valence-corrected chi connectivity index (χ0v) is 27.5. The number of carboxylic acids is 1.